The summed E-state index contributed by atoms with van der Waals surface area (Å²) < 4.78 is 14.0. The number of anilines is 1. The van der Waals surface area contributed by atoms with Crippen molar-refractivity contribution in [1.82, 2.24) is 4.98 Å². The second-order valence-electron chi connectivity index (χ2n) is 3.93. The van der Waals surface area contributed by atoms with Crippen LogP contribution in [0.25, 0.3) is 0 Å². The zero-order chi connectivity index (χ0) is 13.1. The maximum atomic E-state index is 13.1. The van der Waals surface area contributed by atoms with E-state index in [9.17, 15) is 4.39 Å². The summed E-state index contributed by atoms with van der Waals surface area (Å²) in [5, 5.41) is 3.58. The lowest BCUT2D eigenvalue weighted by molar-refractivity contribution is 0.617. The molecule has 1 aromatic carbocycles. The molecule has 0 aliphatic rings. The Balaban J connectivity index is 2.11. The van der Waals surface area contributed by atoms with Crippen LogP contribution in [0, 0.1) is 12.7 Å². The molecular weight excluding hydrogens is 319 g/mol. The number of benzene rings is 1. The van der Waals surface area contributed by atoms with Crippen LogP contribution in [0.3, 0.4) is 0 Å². The maximum absolute atomic E-state index is 13.1. The highest BCUT2D eigenvalue weighted by atomic mass is 79.9. The summed E-state index contributed by atoms with van der Waals surface area (Å²) in [6.07, 6.45) is 1.63. The van der Waals surface area contributed by atoms with Gasteiger partial charge in [-0.25, -0.2) is 9.37 Å². The van der Waals surface area contributed by atoms with Gasteiger partial charge in [-0.05, 0) is 46.1 Å². The molecule has 0 spiro atoms. The Morgan fingerprint density at radius 2 is 2.17 bits per heavy atom. The molecule has 0 saturated carbocycles. The molecule has 0 unspecified atom stereocenters. The van der Waals surface area contributed by atoms with Crippen molar-refractivity contribution in [3.05, 3.63) is 57.0 Å². The van der Waals surface area contributed by atoms with E-state index in [0.29, 0.717) is 17.3 Å². The van der Waals surface area contributed by atoms with Crippen LogP contribution in [0.2, 0.25) is 5.15 Å². The van der Waals surface area contributed by atoms with Gasteiger partial charge in [0.15, 0.2) is 5.15 Å². The minimum absolute atomic E-state index is 0.194. The standard InChI is InChI=1S/C13H11BrClFN2/c1-8-4-9(2-3-11(8)16)6-17-12-5-10(14)7-18-13(12)15/h2-5,7,17H,6H2,1H3. The fourth-order valence-corrected chi connectivity index (χ4v) is 2.06. The quantitative estimate of drug-likeness (QED) is 0.835. The lowest BCUT2D eigenvalue weighted by Gasteiger charge is -2.09. The van der Waals surface area contributed by atoms with Crippen LogP contribution in [-0.2, 0) is 6.54 Å². The first-order chi connectivity index (χ1) is 8.56. The third-order valence-electron chi connectivity index (χ3n) is 2.51. The van der Waals surface area contributed by atoms with Crippen LogP contribution in [0.4, 0.5) is 10.1 Å². The topological polar surface area (TPSA) is 24.9 Å². The Bertz CT molecular complexity index is 575. The Kier molecular flexibility index (Phi) is 4.19. The summed E-state index contributed by atoms with van der Waals surface area (Å²) in [6.45, 7) is 2.31. The number of aryl methyl sites for hydroxylation is 1. The van der Waals surface area contributed by atoms with Crippen LogP contribution in [0.15, 0.2) is 34.9 Å². The van der Waals surface area contributed by atoms with Crippen LogP contribution in [0.5, 0.6) is 0 Å². The lowest BCUT2D eigenvalue weighted by atomic mass is 10.1. The molecule has 0 atom stereocenters. The first-order valence-electron chi connectivity index (χ1n) is 5.36. The summed E-state index contributed by atoms with van der Waals surface area (Å²) >= 11 is 9.30. The molecule has 1 aromatic heterocycles. The number of nitrogens with zero attached hydrogens (tertiary/aromatic N) is 1. The number of aromatic nitrogens is 1. The van der Waals surface area contributed by atoms with E-state index in [-0.39, 0.29) is 5.82 Å². The van der Waals surface area contributed by atoms with E-state index >= 15 is 0 Å². The first kappa shape index (κ1) is 13.3. The molecule has 0 bridgehead atoms. The van der Waals surface area contributed by atoms with Gasteiger partial charge < -0.3 is 5.32 Å². The van der Waals surface area contributed by atoms with Crippen LogP contribution >= 0.6 is 27.5 Å². The number of halogens is 3. The molecule has 1 N–H and O–H groups in total. The van der Waals surface area contributed by atoms with Gasteiger partial charge in [0.05, 0.1) is 5.69 Å². The SMILES string of the molecule is Cc1cc(CNc2cc(Br)cnc2Cl)ccc1F. The van der Waals surface area contributed by atoms with Crippen molar-refractivity contribution in [3.8, 4) is 0 Å². The minimum atomic E-state index is -0.194. The van der Waals surface area contributed by atoms with Crippen molar-refractivity contribution < 1.29 is 4.39 Å². The monoisotopic (exact) mass is 328 g/mol. The number of hydrogen-bond acceptors (Lipinski definition) is 2. The molecule has 0 amide bonds. The molecule has 1 heterocycles. The van der Waals surface area contributed by atoms with Crippen LogP contribution in [-0.4, -0.2) is 4.98 Å². The van der Waals surface area contributed by atoms with Crippen molar-refractivity contribution in [1.29, 1.82) is 0 Å². The summed E-state index contributed by atoms with van der Waals surface area (Å²) in [7, 11) is 0. The van der Waals surface area contributed by atoms with E-state index in [1.165, 1.54) is 6.07 Å². The highest BCUT2D eigenvalue weighted by Crippen LogP contribution is 2.23. The first-order valence-corrected chi connectivity index (χ1v) is 6.53. The average Bonchev–Trinajstić information content (AvgIpc) is 2.34. The Morgan fingerprint density at radius 3 is 2.89 bits per heavy atom. The van der Waals surface area contributed by atoms with E-state index in [0.717, 1.165) is 15.7 Å². The predicted molar refractivity (Wildman–Crippen MR) is 75.4 cm³/mol. The molecule has 0 aliphatic heterocycles. The summed E-state index contributed by atoms with van der Waals surface area (Å²) in [5.74, 6) is -0.194. The molecule has 0 fully saturated rings. The molecule has 18 heavy (non-hydrogen) atoms. The third kappa shape index (κ3) is 3.21. The molecule has 94 valence electrons. The second kappa shape index (κ2) is 5.67. The number of pyridine rings is 1. The normalized spacial score (nSPS) is 10.4. The average molecular weight is 330 g/mol. The molecule has 2 rings (SSSR count). The molecule has 5 heteroatoms. The van der Waals surface area contributed by atoms with Gasteiger partial charge in [0.25, 0.3) is 0 Å². The van der Waals surface area contributed by atoms with Crippen LogP contribution in [0.1, 0.15) is 11.1 Å². The van der Waals surface area contributed by atoms with E-state index in [2.05, 4.69) is 26.2 Å². The third-order valence-corrected chi connectivity index (χ3v) is 3.25. The van der Waals surface area contributed by atoms with Crippen molar-refractivity contribution in [2.24, 2.45) is 0 Å². The number of nitrogens with one attached hydrogen (secondary N) is 1. The fourth-order valence-electron chi connectivity index (χ4n) is 1.56. The molecule has 2 aromatic rings. The van der Waals surface area contributed by atoms with Gasteiger partial charge in [0.2, 0.25) is 0 Å². The Morgan fingerprint density at radius 1 is 1.39 bits per heavy atom. The smallest absolute Gasteiger partial charge is 0.152 e. The van der Waals surface area contributed by atoms with Gasteiger partial charge in [0.1, 0.15) is 5.82 Å². The largest absolute Gasteiger partial charge is 0.378 e. The van der Waals surface area contributed by atoms with Gasteiger partial charge in [-0.1, -0.05) is 23.7 Å². The molecule has 2 nitrogen and oxygen atoms in total. The van der Waals surface area contributed by atoms with Gasteiger partial charge in [-0.2, -0.15) is 0 Å². The molecule has 0 radical (unpaired) electrons. The molecule has 0 aliphatic carbocycles. The predicted octanol–water partition coefficient (Wildman–Crippen LogP) is 4.56. The highest BCUT2D eigenvalue weighted by molar-refractivity contribution is 9.10. The fraction of sp³-hybridized carbons (Fsp3) is 0.154. The zero-order valence-corrected chi connectivity index (χ0v) is 12.0. The van der Waals surface area contributed by atoms with E-state index in [1.807, 2.05) is 12.1 Å². The van der Waals surface area contributed by atoms with Gasteiger partial charge in [0, 0.05) is 17.2 Å². The van der Waals surface area contributed by atoms with Gasteiger partial charge in [-0.3, -0.25) is 0 Å². The van der Waals surface area contributed by atoms with Crippen molar-refractivity contribution in [2.75, 3.05) is 5.32 Å². The lowest BCUT2D eigenvalue weighted by Crippen LogP contribution is -2.01. The van der Waals surface area contributed by atoms with E-state index < -0.39 is 0 Å². The Hall–Kier alpha value is -1.13. The summed E-state index contributed by atoms with van der Waals surface area (Å²) in [4.78, 5) is 4.02. The van der Waals surface area contributed by atoms with Crippen molar-refractivity contribution in [2.45, 2.75) is 13.5 Å². The highest BCUT2D eigenvalue weighted by Gasteiger charge is 2.03. The molecule has 0 saturated heterocycles. The van der Waals surface area contributed by atoms with E-state index in [1.54, 1.807) is 19.2 Å². The summed E-state index contributed by atoms with van der Waals surface area (Å²) in [6, 6.07) is 6.87. The van der Waals surface area contributed by atoms with Crippen molar-refractivity contribution in [3.63, 3.8) is 0 Å². The van der Waals surface area contributed by atoms with Gasteiger partial charge >= 0.3 is 0 Å². The van der Waals surface area contributed by atoms with Crippen LogP contribution < -0.4 is 5.32 Å². The zero-order valence-electron chi connectivity index (χ0n) is 9.67. The Labute approximate surface area is 118 Å². The minimum Gasteiger partial charge on any atom is -0.378 e. The summed E-state index contributed by atoms with van der Waals surface area (Å²) in [5.41, 5.74) is 2.37. The molecular formula is C13H11BrClFN2. The van der Waals surface area contributed by atoms with Crippen molar-refractivity contribution >= 4 is 33.2 Å². The second-order valence-corrected chi connectivity index (χ2v) is 5.20. The van der Waals surface area contributed by atoms with Gasteiger partial charge in [-0.15, -0.1) is 0 Å². The number of rotatable bonds is 3. The number of hydrogen-bond donors (Lipinski definition) is 1. The van der Waals surface area contributed by atoms with E-state index in [4.69, 9.17) is 11.6 Å². The maximum Gasteiger partial charge on any atom is 0.152 e.